The van der Waals surface area contributed by atoms with Gasteiger partial charge in [0, 0.05) is 42.8 Å². The van der Waals surface area contributed by atoms with Crippen LogP contribution in [-0.2, 0) is 5.75 Å². The first-order valence-corrected chi connectivity index (χ1v) is 10.2. The molecule has 3 aromatic rings. The van der Waals surface area contributed by atoms with E-state index >= 15 is 0 Å². The molecule has 0 saturated heterocycles. The molecule has 150 valence electrons. The monoisotopic (exact) mass is 415 g/mol. The molecule has 3 rings (SSSR count). The van der Waals surface area contributed by atoms with Gasteiger partial charge in [-0.25, -0.2) is 4.98 Å². The highest BCUT2D eigenvalue weighted by molar-refractivity contribution is 7.98. The standard InChI is InChI=1S/C23H21N5OS/c1-26-13-19-20(16-8-4-3-5-9-16)18(12-24)21(25)28-23(19)30-14-15-7-6-10-17(11-15)22(29)27-2/h3-11,13H,14H2,1-2H3,(H2,25,28)(H,27,29). The molecule has 0 spiro atoms. The molecule has 0 bridgehead atoms. The highest BCUT2D eigenvalue weighted by atomic mass is 32.2. The van der Waals surface area contributed by atoms with Crippen molar-refractivity contribution in [3.05, 3.63) is 76.9 Å². The number of carbonyl (C=O) groups excluding carboxylic acids is 1. The van der Waals surface area contributed by atoms with Gasteiger partial charge in [0.25, 0.3) is 5.91 Å². The van der Waals surface area contributed by atoms with E-state index in [4.69, 9.17) is 5.73 Å². The summed E-state index contributed by atoms with van der Waals surface area (Å²) >= 11 is 1.49. The molecule has 0 saturated carbocycles. The van der Waals surface area contributed by atoms with Crippen molar-refractivity contribution in [2.24, 2.45) is 4.99 Å². The van der Waals surface area contributed by atoms with E-state index in [2.05, 4.69) is 21.4 Å². The Morgan fingerprint density at radius 3 is 2.70 bits per heavy atom. The lowest BCUT2D eigenvalue weighted by atomic mass is 9.97. The molecule has 0 radical (unpaired) electrons. The highest BCUT2D eigenvalue weighted by Gasteiger charge is 2.19. The number of nitriles is 1. The van der Waals surface area contributed by atoms with Crippen LogP contribution in [0.3, 0.4) is 0 Å². The maximum atomic E-state index is 11.9. The molecule has 0 unspecified atom stereocenters. The van der Waals surface area contributed by atoms with Crippen LogP contribution < -0.4 is 11.1 Å². The van der Waals surface area contributed by atoms with Crippen LogP contribution in [0.1, 0.15) is 27.0 Å². The van der Waals surface area contributed by atoms with Gasteiger partial charge in [-0.1, -0.05) is 42.5 Å². The SMILES string of the molecule is CN=Cc1c(SCc2cccc(C(=O)NC)c2)nc(N)c(C#N)c1-c1ccccc1. The summed E-state index contributed by atoms with van der Waals surface area (Å²) in [7, 11) is 3.28. The van der Waals surface area contributed by atoms with Crippen molar-refractivity contribution in [3.63, 3.8) is 0 Å². The summed E-state index contributed by atoms with van der Waals surface area (Å²) in [4.78, 5) is 20.6. The highest BCUT2D eigenvalue weighted by Crippen LogP contribution is 2.36. The number of anilines is 1. The number of carbonyl (C=O) groups is 1. The predicted octanol–water partition coefficient (Wildman–Crippen LogP) is 3.90. The van der Waals surface area contributed by atoms with E-state index in [1.807, 2.05) is 48.5 Å². The second kappa shape index (κ2) is 9.72. The lowest BCUT2D eigenvalue weighted by Crippen LogP contribution is -2.17. The van der Waals surface area contributed by atoms with Crippen LogP contribution in [0.2, 0.25) is 0 Å². The molecule has 30 heavy (non-hydrogen) atoms. The molecule has 1 aromatic heterocycles. The van der Waals surface area contributed by atoms with Crippen molar-refractivity contribution < 1.29 is 4.79 Å². The van der Waals surface area contributed by atoms with E-state index in [0.717, 1.165) is 22.3 Å². The third kappa shape index (κ3) is 4.50. The average molecular weight is 416 g/mol. The quantitative estimate of drug-likeness (QED) is 0.469. The lowest BCUT2D eigenvalue weighted by molar-refractivity contribution is 0.0963. The number of nitrogen functional groups attached to an aromatic ring is 1. The zero-order valence-corrected chi connectivity index (χ0v) is 17.5. The van der Waals surface area contributed by atoms with Crippen LogP contribution in [-0.4, -0.2) is 31.2 Å². The van der Waals surface area contributed by atoms with E-state index in [0.29, 0.717) is 21.9 Å². The largest absolute Gasteiger partial charge is 0.383 e. The smallest absolute Gasteiger partial charge is 0.251 e. The summed E-state index contributed by atoms with van der Waals surface area (Å²) in [6, 6.07) is 19.2. The Bertz CT molecular complexity index is 1140. The molecule has 1 amide bonds. The number of thioether (sulfide) groups is 1. The number of pyridine rings is 1. The Kier molecular flexibility index (Phi) is 6.83. The van der Waals surface area contributed by atoms with Gasteiger partial charge in [0.05, 0.1) is 0 Å². The van der Waals surface area contributed by atoms with E-state index in [9.17, 15) is 10.1 Å². The lowest BCUT2D eigenvalue weighted by Gasteiger charge is -2.15. The molecule has 0 aliphatic rings. The molecule has 0 fully saturated rings. The molecule has 0 aliphatic carbocycles. The zero-order chi connectivity index (χ0) is 21.5. The third-order valence-corrected chi connectivity index (χ3v) is 5.51. The predicted molar refractivity (Wildman–Crippen MR) is 122 cm³/mol. The Balaban J connectivity index is 2.05. The molecule has 2 aromatic carbocycles. The number of benzene rings is 2. The van der Waals surface area contributed by atoms with Crippen molar-refractivity contribution in [2.45, 2.75) is 10.8 Å². The second-order valence-electron chi connectivity index (χ2n) is 6.40. The van der Waals surface area contributed by atoms with E-state index in [1.54, 1.807) is 26.4 Å². The van der Waals surface area contributed by atoms with Crippen LogP contribution in [0.5, 0.6) is 0 Å². The fraction of sp³-hybridized carbons (Fsp3) is 0.130. The minimum Gasteiger partial charge on any atom is -0.383 e. The summed E-state index contributed by atoms with van der Waals surface area (Å²) in [5.41, 5.74) is 10.4. The van der Waals surface area contributed by atoms with Gasteiger partial charge in [-0.15, -0.1) is 11.8 Å². The average Bonchev–Trinajstić information content (AvgIpc) is 2.79. The van der Waals surface area contributed by atoms with Gasteiger partial charge in [0.2, 0.25) is 0 Å². The van der Waals surface area contributed by atoms with Gasteiger partial charge in [0.15, 0.2) is 0 Å². The topological polar surface area (TPSA) is 104 Å². The summed E-state index contributed by atoms with van der Waals surface area (Å²) < 4.78 is 0. The molecule has 1 heterocycles. The maximum Gasteiger partial charge on any atom is 0.251 e. The van der Waals surface area contributed by atoms with Crippen LogP contribution in [0, 0.1) is 11.3 Å². The number of hydrogen-bond donors (Lipinski definition) is 2. The summed E-state index contributed by atoms with van der Waals surface area (Å²) in [6.45, 7) is 0. The van der Waals surface area contributed by atoms with Crippen LogP contribution in [0.4, 0.5) is 5.82 Å². The normalized spacial score (nSPS) is 10.7. The Hall–Kier alpha value is -3.63. The molecule has 0 atom stereocenters. The number of hydrogen-bond acceptors (Lipinski definition) is 6. The van der Waals surface area contributed by atoms with Crippen molar-refractivity contribution in [2.75, 3.05) is 19.8 Å². The molecule has 6 nitrogen and oxygen atoms in total. The first kappa shape index (κ1) is 21.1. The summed E-state index contributed by atoms with van der Waals surface area (Å²) in [5, 5.41) is 13.0. The number of aromatic nitrogens is 1. The Morgan fingerprint density at radius 2 is 2.03 bits per heavy atom. The van der Waals surface area contributed by atoms with Gasteiger partial charge < -0.3 is 11.1 Å². The van der Waals surface area contributed by atoms with E-state index < -0.39 is 0 Å². The zero-order valence-electron chi connectivity index (χ0n) is 16.7. The first-order chi connectivity index (χ1) is 14.6. The van der Waals surface area contributed by atoms with Gasteiger partial charge in [-0.2, -0.15) is 5.26 Å². The minimum atomic E-state index is -0.132. The van der Waals surface area contributed by atoms with Crippen molar-refractivity contribution in [3.8, 4) is 17.2 Å². The maximum absolute atomic E-state index is 11.9. The van der Waals surface area contributed by atoms with Gasteiger partial charge in [-0.3, -0.25) is 9.79 Å². The molecule has 3 N–H and O–H groups in total. The van der Waals surface area contributed by atoms with Gasteiger partial charge in [0.1, 0.15) is 22.5 Å². The molecule has 0 aliphatic heterocycles. The second-order valence-corrected chi connectivity index (χ2v) is 7.36. The number of amides is 1. The number of rotatable bonds is 6. The van der Waals surface area contributed by atoms with E-state index in [-0.39, 0.29) is 11.7 Å². The number of nitrogens with two attached hydrogens (primary N) is 1. The Morgan fingerprint density at radius 1 is 1.27 bits per heavy atom. The number of aliphatic imine (C=N–C) groups is 1. The van der Waals surface area contributed by atoms with Gasteiger partial charge in [-0.05, 0) is 23.3 Å². The van der Waals surface area contributed by atoms with Crippen LogP contribution >= 0.6 is 11.8 Å². The fourth-order valence-corrected chi connectivity index (χ4v) is 4.03. The third-order valence-electron chi connectivity index (χ3n) is 4.45. The van der Waals surface area contributed by atoms with Gasteiger partial charge >= 0.3 is 0 Å². The molecular weight excluding hydrogens is 394 g/mol. The number of nitrogens with one attached hydrogen (secondary N) is 1. The minimum absolute atomic E-state index is 0.132. The van der Waals surface area contributed by atoms with E-state index in [1.165, 1.54) is 11.8 Å². The fourth-order valence-electron chi connectivity index (χ4n) is 3.07. The molecule has 7 heteroatoms. The Labute approximate surface area is 179 Å². The summed E-state index contributed by atoms with van der Waals surface area (Å²) in [5.74, 6) is 0.640. The number of nitrogens with zero attached hydrogens (tertiary/aromatic N) is 3. The van der Waals surface area contributed by atoms with Crippen LogP contribution in [0.25, 0.3) is 11.1 Å². The molecular formula is C23H21N5OS. The van der Waals surface area contributed by atoms with Crippen molar-refractivity contribution in [1.29, 1.82) is 5.26 Å². The summed E-state index contributed by atoms with van der Waals surface area (Å²) in [6.07, 6.45) is 1.71. The van der Waals surface area contributed by atoms with Crippen molar-refractivity contribution in [1.82, 2.24) is 10.3 Å². The van der Waals surface area contributed by atoms with Crippen molar-refractivity contribution >= 4 is 29.7 Å². The first-order valence-electron chi connectivity index (χ1n) is 9.24. The van der Waals surface area contributed by atoms with Crippen LogP contribution in [0.15, 0.2) is 64.6 Å².